The van der Waals surface area contributed by atoms with Crippen molar-refractivity contribution in [3.8, 4) is 0 Å². The fraction of sp³-hybridized carbons (Fsp3) is 0.714. The maximum Gasteiger partial charge on any atom is 0.135 e. The van der Waals surface area contributed by atoms with Crippen molar-refractivity contribution in [1.29, 1.82) is 0 Å². The molecule has 1 aromatic rings. The van der Waals surface area contributed by atoms with Gasteiger partial charge in [-0.1, -0.05) is 27.7 Å². The summed E-state index contributed by atoms with van der Waals surface area (Å²) in [7, 11) is 2.07. The van der Waals surface area contributed by atoms with Gasteiger partial charge >= 0.3 is 0 Å². The Morgan fingerprint density at radius 3 is 2.28 bits per heavy atom. The van der Waals surface area contributed by atoms with Crippen molar-refractivity contribution in [3.63, 3.8) is 0 Å². The number of anilines is 2. The van der Waals surface area contributed by atoms with Crippen molar-refractivity contribution in [2.75, 3.05) is 17.7 Å². The number of rotatable bonds is 5. The van der Waals surface area contributed by atoms with E-state index in [1.165, 1.54) is 0 Å². The molecule has 0 saturated heterocycles. The number of nitrogens with zero attached hydrogens (tertiary/aromatic N) is 3. The summed E-state index contributed by atoms with van der Waals surface area (Å²) in [5, 5.41) is 0. The molecular weight excluding hydrogens is 224 g/mol. The molecule has 1 heterocycles. The topological polar surface area (TPSA) is 55.0 Å². The molecule has 0 aromatic carbocycles. The Morgan fingerprint density at radius 1 is 1.17 bits per heavy atom. The van der Waals surface area contributed by atoms with Crippen LogP contribution in [0.2, 0.25) is 0 Å². The molecule has 1 unspecified atom stereocenters. The fourth-order valence-electron chi connectivity index (χ4n) is 1.98. The molecule has 0 saturated carbocycles. The zero-order chi connectivity index (χ0) is 13.9. The van der Waals surface area contributed by atoms with Gasteiger partial charge in [-0.05, 0) is 19.3 Å². The lowest BCUT2D eigenvalue weighted by molar-refractivity contribution is 0.501. The first kappa shape index (κ1) is 14.7. The molecule has 18 heavy (non-hydrogen) atoms. The summed E-state index contributed by atoms with van der Waals surface area (Å²) in [5.41, 5.74) is 5.86. The minimum Gasteiger partial charge on any atom is -0.384 e. The maximum atomic E-state index is 5.86. The molecule has 0 aliphatic carbocycles. The zero-order valence-corrected chi connectivity index (χ0v) is 12.4. The first-order valence-electron chi connectivity index (χ1n) is 6.68. The quantitative estimate of drug-likeness (QED) is 0.872. The Labute approximate surface area is 111 Å². The average Bonchev–Trinajstić information content (AvgIpc) is 2.26. The van der Waals surface area contributed by atoms with E-state index >= 15 is 0 Å². The minimum absolute atomic E-state index is 0.293. The Bertz CT molecular complexity index is 387. The van der Waals surface area contributed by atoms with E-state index in [1.807, 2.05) is 6.07 Å². The number of aromatic nitrogens is 2. The Hall–Kier alpha value is -1.32. The molecule has 0 spiro atoms. The van der Waals surface area contributed by atoms with Crippen molar-refractivity contribution in [2.45, 2.75) is 53.0 Å². The van der Waals surface area contributed by atoms with E-state index in [4.69, 9.17) is 5.73 Å². The molecule has 0 fully saturated rings. The third-order valence-corrected chi connectivity index (χ3v) is 3.10. The van der Waals surface area contributed by atoms with Crippen molar-refractivity contribution in [2.24, 2.45) is 5.92 Å². The average molecular weight is 250 g/mol. The summed E-state index contributed by atoms with van der Waals surface area (Å²) in [6.07, 6.45) is 1.14. The number of nitrogen functional groups attached to an aromatic ring is 1. The maximum absolute atomic E-state index is 5.86. The van der Waals surface area contributed by atoms with Crippen molar-refractivity contribution in [3.05, 3.63) is 11.9 Å². The van der Waals surface area contributed by atoms with Crippen LogP contribution in [-0.2, 0) is 0 Å². The lowest BCUT2D eigenvalue weighted by Gasteiger charge is -2.28. The van der Waals surface area contributed by atoms with Crippen LogP contribution in [0.25, 0.3) is 0 Å². The molecule has 1 rings (SSSR count). The Kier molecular flexibility index (Phi) is 4.93. The van der Waals surface area contributed by atoms with Crippen molar-refractivity contribution in [1.82, 2.24) is 9.97 Å². The van der Waals surface area contributed by atoms with Crippen LogP contribution >= 0.6 is 0 Å². The van der Waals surface area contributed by atoms with Crippen molar-refractivity contribution >= 4 is 11.6 Å². The highest BCUT2D eigenvalue weighted by Gasteiger charge is 2.15. The van der Waals surface area contributed by atoms with E-state index in [0.717, 1.165) is 18.1 Å². The molecule has 0 radical (unpaired) electrons. The van der Waals surface area contributed by atoms with Gasteiger partial charge < -0.3 is 10.6 Å². The molecule has 1 atom stereocenters. The molecule has 2 N–H and O–H groups in total. The number of nitrogens with two attached hydrogens (primary N) is 1. The third-order valence-electron chi connectivity index (χ3n) is 3.10. The van der Waals surface area contributed by atoms with Gasteiger partial charge in [0.1, 0.15) is 17.5 Å². The molecule has 102 valence electrons. The van der Waals surface area contributed by atoms with Crippen LogP contribution in [0.3, 0.4) is 0 Å². The van der Waals surface area contributed by atoms with Crippen LogP contribution in [0.1, 0.15) is 52.8 Å². The zero-order valence-electron chi connectivity index (χ0n) is 12.4. The van der Waals surface area contributed by atoms with Gasteiger partial charge in [0.05, 0.1) is 0 Å². The van der Waals surface area contributed by atoms with E-state index in [2.05, 4.69) is 56.5 Å². The number of hydrogen-bond acceptors (Lipinski definition) is 4. The van der Waals surface area contributed by atoms with Crippen LogP contribution in [-0.4, -0.2) is 23.1 Å². The Balaban J connectivity index is 2.94. The summed E-state index contributed by atoms with van der Waals surface area (Å²) < 4.78 is 0. The molecule has 1 aromatic heterocycles. The van der Waals surface area contributed by atoms with Gasteiger partial charge in [0.2, 0.25) is 0 Å². The van der Waals surface area contributed by atoms with Gasteiger partial charge in [-0.3, -0.25) is 0 Å². The summed E-state index contributed by atoms with van der Waals surface area (Å²) >= 11 is 0. The van der Waals surface area contributed by atoms with Crippen LogP contribution < -0.4 is 10.6 Å². The standard InChI is InChI=1S/C14H26N4/c1-9(2)7-11(5)18(6)13-8-12(15)16-14(17-13)10(3)4/h8-11H,7H2,1-6H3,(H2,15,16,17). The summed E-state index contributed by atoms with van der Waals surface area (Å²) in [6, 6.07) is 2.29. The van der Waals surface area contributed by atoms with Gasteiger partial charge in [-0.2, -0.15) is 0 Å². The van der Waals surface area contributed by atoms with Gasteiger partial charge in [-0.25, -0.2) is 9.97 Å². The predicted octanol–water partition coefficient (Wildman–Crippen LogP) is 3.05. The van der Waals surface area contributed by atoms with Crippen LogP contribution in [0.15, 0.2) is 6.07 Å². The predicted molar refractivity (Wildman–Crippen MR) is 77.9 cm³/mol. The molecule has 4 heteroatoms. The summed E-state index contributed by atoms with van der Waals surface area (Å²) in [4.78, 5) is 11.1. The highest BCUT2D eigenvalue weighted by Crippen LogP contribution is 2.21. The highest BCUT2D eigenvalue weighted by molar-refractivity contribution is 5.47. The Morgan fingerprint density at radius 2 is 1.78 bits per heavy atom. The molecule has 0 amide bonds. The second kappa shape index (κ2) is 6.03. The second-order valence-corrected chi connectivity index (χ2v) is 5.75. The first-order valence-corrected chi connectivity index (χ1v) is 6.68. The van der Waals surface area contributed by atoms with Crippen LogP contribution in [0, 0.1) is 5.92 Å². The molecule has 0 bridgehead atoms. The molecule has 4 nitrogen and oxygen atoms in total. The lowest BCUT2D eigenvalue weighted by atomic mass is 10.0. The van der Waals surface area contributed by atoms with Gasteiger partial charge in [0, 0.05) is 25.1 Å². The largest absolute Gasteiger partial charge is 0.384 e. The van der Waals surface area contributed by atoms with E-state index < -0.39 is 0 Å². The molecular formula is C14H26N4. The summed E-state index contributed by atoms with van der Waals surface area (Å²) in [6.45, 7) is 10.8. The van der Waals surface area contributed by atoms with E-state index in [-0.39, 0.29) is 0 Å². The lowest BCUT2D eigenvalue weighted by Crippen LogP contribution is -2.31. The van der Waals surface area contributed by atoms with Crippen LogP contribution in [0.5, 0.6) is 0 Å². The summed E-state index contributed by atoms with van der Waals surface area (Å²) in [5.74, 6) is 3.24. The monoisotopic (exact) mass is 250 g/mol. The van der Waals surface area contributed by atoms with E-state index in [9.17, 15) is 0 Å². The van der Waals surface area contributed by atoms with Crippen molar-refractivity contribution < 1.29 is 0 Å². The van der Waals surface area contributed by atoms with Gasteiger partial charge in [0.15, 0.2) is 0 Å². The number of hydrogen-bond donors (Lipinski definition) is 1. The van der Waals surface area contributed by atoms with E-state index in [0.29, 0.717) is 23.7 Å². The molecule has 0 aliphatic heterocycles. The fourth-order valence-corrected chi connectivity index (χ4v) is 1.98. The second-order valence-electron chi connectivity index (χ2n) is 5.75. The smallest absolute Gasteiger partial charge is 0.135 e. The first-order chi connectivity index (χ1) is 8.31. The normalized spacial score (nSPS) is 13.1. The SMILES string of the molecule is CC(C)CC(C)N(C)c1cc(N)nc(C(C)C)n1. The third kappa shape index (κ3) is 3.86. The highest BCUT2D eigenvalue weighted by atomic mass is 15.2. The van der Waals surface area contributed by atoms with Gasteiger partial charge in [-0.15, -0.1) is 0 Å². The minimum atomic E-state index is 0.293. The van der Waals surface area contributed by atoms with Gasteiger partial charge in [0.25, 0.3) is 0 Å². The molecule has 0 aliphatic rings. The van der Waals surface area contributed by atoms with E-state index in [1.54, 1.807) is 0 Å². The van der Waals surface area contributed by atoms with Crippen LogP contribution in [0.4, 0.5) is 11.6 Å².